The highest BCUT2D eigenvalue weighted by Crippen LogP contribution is 2.44. The summed E-state index contributed by atoms with van der Waals surface area (Å²) in [6.45, 7) is 0. The monoisotopic (exact) mass is 436 g/mol. The lowest BCUT2D eigenvalue weighted by Gasteiger charge is -2.25. The number of carbonyl (C=O) groups excluding carboxylic acids is 2. The second-order valence-corrected chi connectivity index (χ2v) is 7.17. The number of anilines is 1. The topological polar surface area (TPSA) is 100.0 Å². The van der Waals surface area contributed by atoms with Crippen LogP contribution in [0.4, 0.5) is 5.69 Å². The van der Waals surface area contributed by atoms with Crippen molar-refractivity contribution in [2.45, 2.75) is 6.04 Å². The minimum atomic E-state index is -1.05. The van der Waals surface area contributed by atoms with Crippen molar-refractivity contribution in [3.05, 3.63) is 88.7 Å². The zero-order valence-electron chi connectivity index (χ0n) is 16.3. The number of phenols is 1. The predicted molar refractivity (Wildman–Crippen MR) is 115 cm³/mol. The molecule has 1 aliphatic rings. The molecule has 1 unspecified atom stereocenters. The van der Waals surface area contributed by atoms with Gasteiger partial charge in [-0.15, -0.1) is 0 Å². The molecule has 31 heavy (non-hydrogen) atoms. The molecule has 0 radical (unpaired) electrons. The van der Waals surface area contributed by atoms with E-state index in [1.807, 2.05) is 0 Å². The van der Waals surface area contributed by atoms with Gasteiger partial charge in [-0.3, -0.25) is 19.5 Å². The molecule has 1 atom stereocenters. The normalized spacial score (nSPS) is 17.7. The first-order chi connectivity index (χ1) is 14.9. The van der Waals surface area contributed by atoms with E-state index < -0.39 is 23.5 Å². The molecule has 156 valence electrons. The van der Waals surface area contributed by atoms with Crippen LogP contribution in [-0.4, -0.2) is 34.0 Å². The van der Waals surface area contributed by atoms with E-state index in [-0.39, 0.29) is 22.6 Å². The molecular formula is C23H17ClN2O5. The Bertz CT molecular complexity index is 1210. The van der Waals surface area contributed by atoms with Gasteiger partial charge < -0.3 is 14.9 Å². The molecule has 3 aromatic rings. The van der Waals surface area contributed by atoms with E-state index in [0.717, 1.165) is 4.90 Å². The number of halogens is 1. The second-order valence-electron chi connectivity index (χ2n) is 6.76. The number of carbonyl (C=O) groups is 2. The molecule has 0 bridgehead atoms. The summed E-state index contributed by atoms with van der Waals surface area (Å²) < 4.78 is 5.19. The van der Waals surface area contributed by atoms with Gasteiger partial charge in [-0.25, -0.2) is 0 Å². The van der Waals surface area contributed by atoms with Gasteiger partial charge in [-0.2, -0.15) is 0 Å². The van der Waals surface area contributed by atoms with Crippen LogP contribution in [0.1, 0.15) is 17.3 Å². The molecular weight excluding hydrogens is 420 g/mol. The fourth-order valence-corrected chi connectivity index (χ4v) is 3.72. The van der Waals surface area contributed by atoms with Crippen molar-refractivity contribution in [3.8, 4) is 11.5 Å². The summed E-state index contributed by atoms with van der Waals surface area (Å²) in [5, 5.41) is 21.7. The highest BCUT2D eigenvalue weighted by molar-refractivity contribution is 6.51. The Morgan fingerprint density at radius 3 is 2.52 bits per heavy atom. The molecule has 4 rings (SSSR count). The van der Waals surface area contributed by atoms with E-state index in [4.69, 9.17) is 16.3 Å². The molecule has 1 amide bonds. The summed E-state index contributed by atoms with van der Waals surface area (Å²) >= 11 is 6.07. The zero-order valence-corrected chi connectivity index (χ0v) is 17.1. The SMILES string of the molecule is COc1cc(/C(O)=C2/C(=O)C(=O)N(c3ccccc3O)C2c2ccccn2)ccc1Cl. The molecule has 0 saturated carbocycles. The van der Waals surface area contributed by atoms with Crippen LogP contribution in [0, 0.1) is 0 Å². The molecule has 7 nitrogen and oxygen atoms in total. The summed E-state index contributed by atoms with van der Waals surface area (Å²) in [6.07, 6.45) is 1.52. The lowest BCUT2D eigenvalue weighted by Crippen LogP contribution is -2.29. The molecule has 0 spiro atoms. The number of aromatic nitrogens is 1. The van der Waals surface area contributed by atoms with Gasteiger partial charge >= 0.3 is 0 Å². The Morgan fingerprint density at radius 1 is 1.10 bits per heavy atom. The third-order valence-corrected chi connectivity index (χ3v) is 5.29. The maximum Gasteiger partial charge on any atom is 0.300 e. The fourth-order valence-electron chi connectivity index (χ4n) is 3.53. The van der Waals surface area contributed by atoms with Crippen LogP contribution in [0.15, 0.2) is 72.4 Å². The maximum absolute atomic E-state index is 13.0. The van der Waals surface area contributed by atoms with E-state index in [9.17, 15) is 19.8 Å². The van der Waals surface area contributed by atoms with Crippen LogP contribution in [0.5, 0.6) is 11.5 Å². The fraction of sp³-hybridized carbons (Fsp3) is 0.0870. The van der Waals surface area contributed by atoms with Gasteiger partial charge in [-0.05, 0) is 42.5 Å². The number of aromatic hydroxyl groups is 1. The Balaban J connectivity index is 1.96. The van der Waals surface area contributed by atoms with Crippen LogP contribution in [0.2, 0.25) is 5.02 Å². The molecule has 1 saturated heterocycles. The number of hydrogen-bond acceptors (Lipinski definition) is 6. The minimum Gasteiger partial charge on any atom is -0.507 e. The maximum atomic E-state index is 13.0. The van der Waals surface area contributed by atoms with Crippen molar-refractivity contribution in [2.24, 2.45) is 0 Å². The average molecular weight is 437 g/mol. The molecule has 2 heterocycles. The van der Waals surface area contributed by atoms with Gasteiger partial charge in [0.05, 0.1) is 29.1 Å². The van der Waals surface area contributed by atoms with E-state index in [0.29, 0.717) is 16.5 Å². The molecule has 1 aromatic heterocycles. The number of methoxy groups -OCH3 is 1. The minimum absolute atomic E-state index is 0.132. The van der Waals surface area contributed by atoms with Gasteiger partial charge in [0.15, 0.2) is 0 Å². The number of benzene rings is 2. The molecule has 2 N–H and O–H groups in total. The van der Waals surface area contributed by atoms with Crippen molar-refractivity contribution in [1.82, 2.24) is 4.98 Å². The lowest BCUT2D eigenvalue weighted by atomic mass is 9.98. The van der Waals surface area contributed by atoms with E-state index >= 15 is 0 Å². The van der Waals surface area contributed by atoms with Crippen LogP contribution in [0.3, 0.4) is 0 Å². The van der Waals surface area contributed by atoms with Gasteiger partial charge in [0.1, 0.15) is 23.3 Å². The second kappa shape index (κ2) is 8.12. The van der Waals surface area contributed by atoms with E-state index in [1.54, 1.807) is 30.3 Å². The number of amides is 1. The van der Waals surface area contributed by atoms with Crippen molar-refractivity contribution in [2.75, 3.05) is 12.0 Å². The lowest BCUT2D eigenvalue weighted by molar-refractivity contribution is -0.132. The molecule has 2 aromatic carbocycles. The molecule has 0 aliphatic carbocycles. The van der Waals surface area contributed by atoms with Crippen molar-refractivity contribution in [1.29, 1.82) is 0 Å². The number of ether oxygens (including phenoxy) is 1. The first kappa shape index (κ1) is 20.4. The smallest absolute Gasteiger partial charge is 0.300 e. The highest BCUT2D eigenvalue weighted by atomic mass is 35.5. The number of aliphatic hydroxyl groups is 1. The Labute approximate surface area is 182 Å². The number of hydrogen-bond donors (Lipinski definition) is 2. The first-order valence-corrected chi connectivity index (χ1v) is 9.65. The van der Waals surface area contributed by atoms with Gasteiger partial charge in [0, 0.05) is 11.8 Å². The highest BCUT2D eigenvalue weighted by Gasteiger charge is 2.48. The summed E-state index contributed by atoms with van der Waals surface area (Å²) in [4.78, 5) is 31.5. The predicted octanol–water partition coefficient (Wildman–Crippen LogP) is 4.08. The third kappa shape index (κ3) is 3.49. The largest absolute Gasteiger partial charge is 0.507 e. The van der Waals surface area contributed by atoms with Crippen LogP contribution in [0.25, 0.3) is 5.76 Å². The summed E-state index contributed by atoms with van der Waals surface area (Å²) in [6, 6.07) is 14.7. The first-order valence-electron chi connectivity index (χ1n) is 9.28. The molecule has 8 heteroatoms. The van der Waals surface area contributed by atoms with Gasteiger partial charge in [0.25, 0.3) is 11.7 Å². The number of nitrogens with zero attached hydrogens (tertiary/aromatic N) is 2. The van der Waals surface area contributed by atoms with Crippen molar-refractivity contribution < 1.29 is 24.5 Å². The number of ketones is 1. The number of pyridine rings is 1. The quantitative estimate of drug-likeness (QED) is 0.363. The van der Waals surface area contributed by atoms with Crippen LogP contribution >= 0.6 is 11.6 Å². The van der Waals surface area contributed by atoms with E-state index in [1.165, 1.54) is 43.6 Å². The Kier molecular flexibility index (Phi) is 5.35. The zero-order chi connectivity index (χ0) is 22.1. The van der Waals surface area contributed by atoms with Crippen LogP contribution < -0.4 is 9.64 Å². The van der Waals surface area contributed by atoms with Gasteiger partial charge in [0.2, 0.25) is 0 Å². The van der Waals surface area contributed by atoms with Crippen molar-refractivity contribution in [3.63, 3.8) is 0 Å². The number of aliphatic hydroxyl groups excluding tert-OH is 1. The summed E-state index contributed by atoms with van der Waals surface area (Å²) in [5.74, 6) is -2.07. The molecule has 1 fully saturated rings. The number of Topliss-reactive ketones (excluding diaryl/α,β-unsaturated/α-hetero) is 1. The Morgan fingerprint density at radius 2 is 1.84 bits per heavy atom. The number of para-hydroxylation sites is 2. The average Bonchev–Trinajstić information content (AvgIpc) is 3.05. The number of rotatable bonds is 4. The Hall–Kier alpha value is -3.84. The van der Waals surface area contributed by atoms with Gasteiger partial charge in [-0.1, -0.05) is 29.8 Å². The van der Waals surface area contributed by atoms with Crippen molar-refractivity contribution >= 4 is 34.7 Å². The standard InChI is InChI=1S/C23H17ClN2O5/c1-31-18-12-13(9-10-14(18)24)21(28)19-20(15-6-4-5-11-25-15)26(23(30)22(19)29)16-7-2-3-8-17(16)27/h2-12,20,27-28H,1H3/b21-19-. The third-order valence-electron chi connectivity index (χ3n) is 4.98. The number of phenolic OH excluding ortho intramolecular Hbond substituents is 1. The summed E-state index contributed by atoms with van der Waals surface area (Å²) in [7, 11) is 1.43. The summed E-state index contributed by atoms with van der Waals surface area (Å²) in [5.41, 5.74) is 0.578. The van der Waals surface area contributed by atoms with E-state index in [2.05, 4.69) is 4.98 Å². The van der Waals surface area contributed by atoms with Crippen LogP contribution in [-0.2, 0) is 9.59 Å². The molecule has 1 aliphatic heterocycles.